The second kappa shape index (κ2) is 68.8. The molecule has 0 bridgehead atoms. The molecular formula is C77H151NO8P+. The SMILES string of the molecule is CCCCCCC/C=C\C/C=C\CCCCCCCCCCCCCCCCCCCCCCCC(=O)OC(COC(=O)CCCCCCCCCCCCCCCCCCCCCCCCCCCCCCCC)COP(=O)(O)OCC[N+](C)(C)C. The lowest BCUT2D eigenvalue weighted by Crippen LogP contribution is -2.37. The summed E-state index contributed by atoms with van der Waals surface area (Å²) in [5.41, 5.74) is 0. The molecule has 0 amide bonds. The molecule has 0 saturated carbocycles. The van der Waals surface area contributed by atoms with Gasteiger partial charge in [0.15, 0.2) is 6.10 Å². The zero-order valence-electron chi connectivity index (χ0n) is 59.0. The number of carbonyl (C=O) groups is 2. The van der Waals surface area contributed by atoms with Crippen LogP contribution >= 0.6 is 7.82 Å². The van der Waals surface area contributed by atoms with Crippen LogP contribution in [0.25, 0.3) is 0 Å². The molecule has 0 aliphatic heterocycles. The highest BCUT2D eigenvalue weighted by Crippen LogP contribution is 2.43. The fourth-order valence-corrected chi connectivity index (χ4v) is 12.6. The first-order chi connectivity index (χ1) is 42.5. The van der Waals surface area contributed by atoms with E-state index in [2.05, 4.69) is 38.2 Å². The van der Waals surface area contributed by atoms with Gasteiger partial charge in [-0.15, -0.1) is 0 Å². The van der Waals surface area contributed by atoms with Crippen LogP contribution in [0.2, 0.25) is 0 Å². The summed E-state index contributed by atoms with van der Waals surface area (Å²) in [7, 11) is 1.50. The molecule has 0 rings (SSSR count). The van der Waals surface area contributed by atoms with Gasteiger partial charge in [0.05, 0.1) is 27.7 Å². The summed E-state index contributed by atoms with van der Waals surface area (Å²) in [5, 5.41) is 0. The number of nitrogens with zero attached hydrogens (tertiary/aromatic N) is 1. The Labute approximate surface area is 542 Å². The highest BCUT2D eigenvalue weighted by Gasteiger charge is 2.27. The maximum absolute atomic E-state index is 12.9. The summed E-state index contributed by atoms with van der Waals surface area (Å²) in [6.45, 7) is 4.51. The third kappa shape index (κ3) is 73.4. The van der Waals surface area contributed by atoms with Gasteiger partial charge in [0.2, 0.25) is 0 Å². The molecule has 0 heterocycles. The molecule has 0 aromatic rings. The van der Waals surface area contributed by atoms with E-state index >= 15 is 0 Å². The molecule has 0 aromatic heterocycles. The molecule has 516 valence electrons. The topological polar surface area (TPSA) is 108 Å². The van der Waals surface area contributed by atoms with Crippen molar-refractivity contribution in [1.29, 1.82) is 0 Å². The van der Waals surface area contributed by atoms with E-state index in [1.807, 2.05) is 21.1 Å². The number of phosphoric acid groups is 1. The summed E-state index contributed by atoms with van der Waals surface area (Å²) < 4.78 is 34.8. The van der Waals surface area contributed by atoms with Crippen molar-refractivity contribution in [3.05, 3.63) is 24.3 Å². The monoisotopic (exact) mass is 1250 g/mol. The highest BCUT2D eigenvalue weighted by molar-refractivity contribution is 7.47. The number of likely N-dealkylation sites (N-methyl/N-ethyl adjacent to an activating group) is 1. The van der Waals surface area contributed by atoms with E-state index in [0.29, 0.717) is 17.4 Å². The van der Waals surface area contributed by atoms with Crippen molar-refractivity contribution < 1.29 is 42.1 Å². The summed E-state index contributed by atoms with van der Waals surface area (Å²) >= 11 is 0. The lowest BCUT2D eigenvalue weighted by Gasteiger charge is -2.24. The molecular weight excluding hydrogens is 1100 g/mol. The molecule has 0 fully saturated rings. The van der Waals surface area contributed by atoms with Gasteiger partial charge in [-0.3, -0.25) is 18.6 Å². The fourth-order valence-electron chi connectivity index (χ4n) is 11.8. The van der Waals surface area contributed by atoms with Crippen LogP contribution in [0.15, 0.2) is 24.3 Å². The van der Waals surface area contributed by atoms with Gasteiger partial charge in [0.25, 0.3) is 0 Å². The van der Waals surface area contributed by atoms with Gasteiger partial charge in [-0.05, 0) is 44.9 Å². The second-order valence-corrected chi connectivity index (χ2v) is 29.2. The minimum atomic E-state index is -4.39. The normalized spacial score (nSPS) is 13.1. The average molecular weight is 1250 g/mol. The number of esters is 2. The number of ether oxygens (including phenoxy) is 2. The van der Waals surface area contributed by atoms with Crippen LogP contribution in [0.4, 0.5) is 0 Å². The molecule has 2 atom stereocenters. The van der Waals surface area contributed by atoms with Gasteiger partial charge in [-0.25, -0.2) is 4.57 Å². The number of phosphoric ester groups is 1. The maximum atomic E-state index is 12.9. The Morgan fingerprint density at radius 2 is 0.621 bits per heavy atom. The molecule has 87 heavy (non-hydrogen) atoms. The number of rotatable bonds is 73. The van der Waals surface area contributed by atoms with E-state index in [-0.39, 0.29) is 25.6 Å². The summed E-state index contributed by atoms with van der Waals surface area (Å²) in [6, 6.07) is 0. The zero-order valence-corrected chi connectivity index (χ0v) is 59.9. The number of hydrogen-bond donors (Lipinski definition) is 1. The Balaban J connectivity index is 3.93. The second-order valence-electron chi connectivity index (χ2n) is 27.8. The van der Waals surface area contributed by atoms with Crippen LogP contribution in [0.3, 0.4) is 0 Å². The van der Waals surface area contributed by atoms with Crippen molar-refractivity contribution in [1.82, 2.24) is 0 Å². The van der Waals surface area contributed by atoms with Crippen molar-refractivity contribution in [2.75, 3.05) is 47.5 Å². The van der Waals surface area contributed by atoms with Crippen LogP contribution in [0.5, 0.6) is 0 Å². The molecule has 9 nitrogen and oxygen atoms in total. The van der Waals surface area contributed by atoms with Gasteiger partial charge in [0.1, 0.15) is 19.8 Å². The van der Waals surface area contributed by atoms with Crippen molar-refractivity contribution in [2.24, 2.45) is 0 Å². The van der Waals surface area contributed by atoms with Gasteiger partial charge in [-0.1, -0.05) is 372 Å². The zero-order chi connectivity index (χ0) is 63.4. The van der Waals surface area contributed by atoms with Crippen LogP contribution in [0.1, 0.15) is 406 Å². The molecule has 2 unspecified atom stereocenters. The molecule has 0 saturated heterocycles. The van der Waals surface area contributed by atoms with Crippen LogP contribution in [-0.4, -0.2) is 74.9 Å². The number of carbonyl (C=O) groups excluding carboxylic acids is 2. The quantitative estimate of drug-likeness (QED) is 0.0211. The Hall–Kier alpha value is -1.51. The minimum absolute atomic E-state index is 0.0361. The first-order valence-electron chi connectivity index (χ1n) is 38.6. The first-order valence-corrected chi connectivity index (χ1v) is 40.1. The van der Waals surface area contributed by atoms with E-state index in [0.717, 1.165) is 44.9 Å². The Bertz CT molecular complexity index is 1510. The van der Waals surface area contributed by atoms with Crippen molar-refractivity contribution in [3.8, 4) is 0 Å². The maximum Gasteiger partial charge on any atom is 0.472 e. The van der Waals surface area contributed by atoms with Gasteiger partial charge in [-0.2, -0.15) is 0 Å². The van der Waals surface area contributed by atoms with E-state index < -0.39 is 26.5 Å². The molecule has 0 aliphatic rings. The predicted octanol–water partition coefficient (Wildman–Crippen LogP) is 25.2. The van der Waals surface area contributed by atoms with Crippen molar-refractivity contribution >= 4 is 19.8 Å². The Kier molecular flexibility index (Phi) is 67.7. The predicted molar refractivity (Wildman–Crippen MR) is 377 cm³/mol. The molecule has 1 N–H and O–H groups in total. The van der Waals surface area contributed by atoms with Gasteiger partial charge < -0.3 is 18.9 Å². The molecule has 0 aromatic carbocycles. The van der Waals surface area contributed by atoms with E-state index in [9.17, 15) is 19.0 Å². The number of hydrogen-bond acceptors (Lipinski definition) is 7. The lowest BCUT2D eigenvalue weighted by atomic mass is 10.0. The Morgan fingerprint density at radius 1 is 0.356 bits per heavy atom. The summed E-state index contributed by atoms with van der Waals surface area (Å²) in [5.74, 6) is -0.769. The number of quaternary nitrogens is 1. The number of allylic oxidation sites excluding steroid dienone is 4. The van der Waals surface area contributed by atoms with Gasteiger partial charge >= 0.3 is 19.8 Å². The largest absolute Gasteiger partial charge is 0.472 e. The van der Waals surface area contributed by atoms with E-state index in [1.165, 1.54) is 334 Å². The van der Waals surface area contributed by atoms with E-state index in [1.54, 1.807) is 0 Å². The lowest BCUT2D eigenvalue weighted by molar-refractivity contribution is -0.870. The molecule has 0 spiro atoms. The fraction of sp³-hybridized carbons (Fsp3) is 0.922. The third-order valence-electron chi connectivity index (χ3n) is 17.7. The molecule has 10 heteroatoms. The highest BCUT2D eigenvalue weighted by atomic mass is 31.2. The number of unbranched alkanes of at least 4 members (excludes halogenated alkanes) is 55. The summed E-state index contributed by atoms with van der Waals surface area (Å²) in [6.07, 6.45) is 87.5. The third-order valence-corrected chi connectivity index (χ3v) is 18.7. The van der Waals surface area contributed by atoms with Crippen molar-refractivity contribution in [3.63, 3.8) is 0 Å². The van der Waals surface area contributed by atoms with Gasteiger partial charge in [0, 0.05) is 12.8 Å². The van der Waals surface area contributed by atoms with Crippen LogP contribution in [-0.2, 0) is 32.7 Å². The standard InChI is InChI=1S/C77H150NO8P/c1-6-8-10-12-14-16-18-20-22-24-26-28-30-32-34-36-38-39-40-42-44-46-48-50-52-54-56-58-60-62-64-66-68-70-77(80)86-75(74-85-87(81,82)84-72-71-78(3,4)5)73-83-76(79)69-67-65-63-61-59-57-55-53-51-49-47-45-43-41-37-35-33-31-29-27-25-23-21-19-17-15-13-11-9-7-2/h18,20,24,26,75H,6-17,19,21-23,25,27-74H2,1-5H3/p+1/b20-18-,26-24-. The smallest absolute Gasteiger partial charge is 0.462 e. The average Bonchev–Trinajstić information content (AvgIpc) is 3.50. The van der Waals surface area contributed by atoms with Crippen LogP contribution < -0.4 is 0 Å². The van der Waals surface area contributed by atoms with Crippen molar-refractivity contribution in [2.45, 2.75) is 412 Å². The Morgan fingerprint density at radius 3 is 0.908 bits per heavy atom. The summed E-state index contributed by atoms with van der Waals surface area (Å²) in [4.78, 5) is 35.9. The van der Waals surface area contributed by atoms with E-state index in [4.69, 9.17) is 18.5 Å². The molecule has 0 radical (unpaired) electrons. The first kappa shape index (κ1) is 85.5. The molecule has 0 aliphatic carbocycles. The van der Waals surface area contributed by atoms with Crippen LogP contribution in [0, 0.1) is 0 Å². The minimum Gasteiger partial charge on any atom is -0.462 e.